The van der Waals surface area contributed by atoms with Crippen LogP contribution < -0.4 is 0 Å². The van der Waals surface area contributed by atoms with Gasteiger partial charge in [0.15, 0.2) is 0 Å². The fourth-order valence-electron chi connectivity index (χ4n) is 2.77. The summed E-state index contributed by atoms with van der Waals surface area (Å²) < 4.78 is 0. The lowest BCUT2D eigenvalue weighted by atomic mass is 9.87. The molecule has 1 aromatic rings. The van der Waals surface area contributed by atoms with E-state index < -0.39 is 5.97 Å². The van der Waals surface area contributed by atoms with Crippen LogP contribution in [-0.4, -0.2) is 16.1 Å². The van der Waals surface area contributed by atoms with Gasteiger partial charge in [-0.2, -0.15) is 0 Å². The van der Waals surface area contributed by atoms with Crippen molar-refractivity contribution in [3.63, 3.8) is 0 Å². The average Bonchev–Trinajstić information content (AvgIpc) is 2.84. The van der Waals surface area contributed by atoms with E-state index in [2.05, 4.69) is 4.98 Å². The summed E-state index contributed by atoms with van der Waals surface area (Å²) in [6.45, 7) is 0. The lowest BCUT2D eigenvalue weighted by molar-refractivity contribution is -0.143. The van der Waals surface area contributed by atoms with Crippen LogP contribution in [0.1, 0.15) is 37.8 Å². The fourth-order valence-corrected chi connectivity index (χ4v) is 2.77. The van der Waals surface area contributed by atoms with Crippen LogP contribution in [-0.2, 0) is 11.2 Å². The van der Waals surface area contributed by atoms with Gasteiger partial charge in [0.05, 0.1) is 5.92 Å². The molecule has 3 heteroatoms. The topological polar surface area (TPSA) is 50.2 Å². The highest BCUT2D eigenvalue weighted by Gasteiger charge is 2.29. The predicted molar refractivity (Wildman–Crippen MR) is 65.6 cm³/mol. The van der Waals surface area contributed by atoms with Crippen molar-refractivity contribution in [3.8, 4) is 0 Å². The quantitative estimate of drug-likeness (QED) is 0.850. The molecular formula is C14H19NO2. The summed E-state index contributed by atoms with van der Waals surface area (Å²) in [5.74, 6) is -0.427. The first-order valence-corrected chi connectivity index (χ1v) is 6.40. The molecule has 1 aromatic heterocycles. The number of rotatable bonds is 5. The molecule has 1 atom stereocenters. The van der Waals surface area contributed by atoms with Crippen LogP contribution in [0.15, 0.2) is 24.4 Å². The molecule has 0 aliphatic heterocycles. The lowest BCUT2D eigenvalue weighted by Gasteiger charge is -2.18. The molecule has 0 saturated heterocycles. The molecular weight excluding hydrogens is 214 g/mol. The number of nitrogens with zero attached hydrogens (tertiary/aromatic N) is 1. The van der Waals surface area contributed by atoms with Crippen molar-refractivity contribution in [2.75, 3.05) is 0 Å². The van der Waals surface area contributed by atoms with Gasteiger partial charge < -0.3 is 5.11 Å². The maximum Gasteiger partial charge on any atom is 0.306 e. The number of hydrogen-bond donors (Lipinski definition) is 1. The minimum atomic E-state index is -0.632. The maximum atomic E-state index is 11.3. The van der Waals surface area contributed by atoms with Crippen LogP contribution in [0.25, 0.3) is 0 Å². The molecule has 1 unspecified atom stereocenters. The first-order valence-electron chi connectivity index (χ1n) is 6.40. The highest BCUT2D eigenvalue weighted by Crippen LogP contribution is 2.33. The normalized spacial score (nSPS) is 18.1. The molecule has 1 saturated carbocycles. The molecule has 1 heterocycles. The van der Waals surface area contributed by atoms with Crippen LogP contribution in [0, 0.1) is 11.8 Å². The molecule has 1 aliphatic rings. The predicted octanol–water partition coefficient (Wildman–Crippen LogP) is 2.91. The summed E-state index contributed by atoms with van der Waals surface area (Å²) in [5.41, 5.74) is 0.997. The minimum absolute atomic E-state index is 0.181. The summed E-state index contributed by atoms with van der Waals surface area (Å²) in [6, 6.07) is 5.80. The smallest absolute Gasteiger partial charge is 0.306 e. The Morgan fingerprint density at radius 3 is 2.76 bits per heavy atom. The van der Waals surface area contributed by atoms with Gasteiger partial charge in [0, 0.05) is 11.9 Å². The Morgan fingerprint density at radius 1 is 1.41 bits per heavy atom. The molecule has 1 aliphatic carbocycles. The van der Waals surface area contributed by atoms with E-state index in [9.17, 15) is 9.90 Å². The summed E-state index contributed by atoms with van der Waals surface area (Å²) in [4.78, 5) is 15.5. The van der Waals surface area contributed by atoms with Crippen LogP contribution in [0.4, 0.5) is 0 Å². The Morgan fingerprint density at radius 2 is 2.18 bits per heavy atom. The van der Waals surface area contributed by atoms with E-state index in [1.165, 1.54) is 12.8 Å². The summed E-state index contributed by atoms with van der Waals surface area (Å²) >= 11 is 0. The second kappa shape index (κ2) is 5.80. The van der Waals surface area contributed by atoms with Gasteiger partial charge in [-0.15, -0.1) is 0 Å². The number of carboxylic acids is 1. The van der Waals surface area contributed by atoms with Crippen molar-refractivity contribution < 1.29 is 9.90 Å². The number of aryl methyl sites for hydroxylation is 1. The van der Waals surface area contributed by atoms with Gasteiger partial charge in [0.25, 0.3) is 0 Å². The van der Waals surface area contributed by atoms with E-state index in [1.54, 1.807) is 6.20 Å². The Bertz CT molecular complexity index is 358. The highest BCUT2D eigenvalue weighted by atomic mass is 16.4. The largest absolute Gasteiger partial charge is 0.481 e. The zero-order valence-electron chi connectivity index (χ0n) is 10.0. The van der Waals surface area contributed by atoms with E-state index in [0.29, 0.717) is 5.92 Å². The third-order valence-electron chi connectivity index (χ3n) is 3.72. The number of carbonyl (C=O) groups is 1. The Balaban J connectivity index is 1.92. The molecule has 92 valence electrons. The van der Waals surface area contributed by atoms with Crippen molar-refractivity contribution in [1.82, 2.24) is 4.98 Å². The Hall–Kier alpha value is -1.38. The van der Waals surface area contributed by atoms with E-state index in [1.807, 2.05) is 18.2 Å². The van der Waals surface area contributed by atoms with Gasteiger partial charge in [-0.05, 0) is 43.7 Å². The maximum absolute atomic E-state index is 11.3. The van der Waals surface area contributed by atoms with Crippen molar-refractivity contribution in [3.05, 3.63) is 30.1 Å². The molecule has 3 nitrogen and oxygen atoms in total. The zero-order valence-corrected chi connectivity index (χ0v) is 10.0. The number of aliphatic carboxylic acids is 1. The van der Waals surface area contributed by atoms with Crippen molar-refractivity contribution >= 4 is 5.97 Å². The molecule has 1 fully saturated rings. The van der Waals surface area contributed by atoms with E-state index in [0.717, 1.165) is 31.4 Å². The summed E-state index contributed by atoms with van der Waals surface area (Å²) in [6.07, 6.45) is 7.81. The van der Waals surface area contributed by atoms with Crippen LogP contribution in [0.3, 0.4) is 0 Å². The molecule has 0 amide bonds. The lowest BCUT2D eigenvalue weighted by Crippen LogP contribution is -2.22. The molecule has 0 bridgehead atoms. The standard InChI is InChI=1S/C14H19NO2/c16-14(17)13(11-5-1-2-6-11)9-8-12-7-3-4-10-15-12/h3-4,7,10-11,13H,1-2,5-6,8-9H2,(H,16,17). The van der Waals surface area contributed by atoms with Crippen molar-refractivity contribution in [2.45, 2.75) is 38.5 Å². The third kappa shape index (κ3) is 3.29. The molecule has 0 radical (unpaired) electrons. The minimum Gasteiger partial charge on any atom is -0.481 e. The van der Waals surface area contributed by atoms with Gasteiger partial charge in [-0.3, -0.25) is 9.78 Å². The second-order valence-electron chi connectivity index (χ2n) is 4.85. The van der Waals surface area contributed by atoms with Gasteiger partial charge in [-0.1, -0.05) is 18.9 Å². The molecule has 0 spiro atoms. The van der Waals surface area contributed by atoms with Gasteiger partial charge >= 0.3 is 5.97 Å². The number of pyridine rings is 1. The highest BCUT2D eigenvalue weighted by molar-refractivity contribution is 5.70. The second-order valence-corrected chi connectivity index (χ2v) is 4.85. The van der Waals surface area contributed by atoms with E-state index in [4.69, 9.17) is 0 Å². The Labute approximate surface area is 102 Å². The first-order chi connectivity index (χ1) is 8.27. The fraction of sp³-hybridized carbons (Fsp3) is 0.571. The molecule has 17 heavy (non-hydrogen) atoms. The first kappa shape index (κ1) is 12.1. The average molecular weight is 233 g/mol. The van der Waals surface area contributed by atoms with Crippen molar-refractivity contribution in [2.24, 2.45) is 11.8 Å². The summed E-state index contributed by atoms with van der Waals surface area (Å²) in [7, 11) is 0. The zero-order chi connectivity index (χ0) is 12.1. The van der Waals surface area contributed by atoms with Crippen LogP contribution >= 0.6 is 0 Å². The number of hydrogen-bond acceptors (Lipinski definition) is 2. The number of aromatic nitrogens is 1. The Kier molecular flexibility index (Phi) is 4.13. The van der Waals surface area contributed by atoms with Crippen LogP contribution in [0.5, 0.6) is 0 Å². The monoisotopic (exact) mass is 233 g/mol. The summed E-state index contributed by atoms with van der Waals surface area (Å²) in [5, 5.41) is 9.29. The molecule has 0 aromatic carbocycles. The van der Waals surface area contributed by atoms with Gasteiger partial charge in [0.2, 0.25) is 0 Å². The van der Waals surface area contributed by atoms with Crippen molar-refractivity contribution in [1.29, 1.82) is 0 Å². The van der Waals surface area contributed by atoms with Crippen LogP contribution in [0.2, 0.25) is 0 Å². The van der Waals surface area contributed by atoms with E-state index >= 15 is 0 Å². The third-order valence-corrected chi connectivity index (χ3v) is 3.72. The van der Waals surface area contributed by atoms with Gasteiger partial charge in [0.1, 0.15) is 0 Å². The van der Waals surface area contributed by atoms with Gasteiger partial charge in [-0.25, -0.2) is 0 Å². The molecule has 1 N–H and O–H groups in total. The SMILES string of the molecule is O=C(O)C(CCc1ccccn1)C1CCCC1. The number of carboxylic acid groups (broad SMARTS) is 1. The van der Waals surface area contributed by atoms with E-state index in [-0.39, 0.29) is 5.92 Å². The molecule has 2 rings (SSSR count).